The Bertz CT molecular complexity index is 969. The predicted octanol–water partition coefficient (Wildman–Crippen LogP) is 5.22. The fourth-order valence-electron chi connectivity index (χ4n) is 2.90. The minimum atomic E-state index is -0.426. The fraction of sp³-hybridized carbons (Fsp3) is 0.318. The smallest absolute Gasteiger partial charge is 0.327 e. The molecule has 0 bridgehead atoms. The van der Waals surface area contributed by atoms with Gasteiger partial charge in [-0.25, -0.2) is 4.79 Å². The predicted molar refractivity (Wildman–Crippen MR) is 111 cm³/mol. The van der Waals surface area contributed by atoms with Crippen molar-refractivity contribution in [3.63, 3.8) is 0 Å². The van der Waals surface area contributed by atoms with Crippen molar-refractivity contribution in [1.82, 2.24) is 10.2 Å². The highest BCUT2D eigenvalue weighted by atomic mass is 16.4. The van der Waals surface area contributed by atoms with Gasteiger partial charge in [0, 0.05) is 5.69 Å². The van der Waals surface area contributed by atoms with E-state index in [4.69, 9.17) is 4.42 Å². The van der Waals surface area contributed by atoms with E-state index in [1.165, 1.54) is 16.7 Å². The molecule has 0 saturated heterocycles. The fourth-order valence-corrected chi connectivity index (χ4v) is 2.90. The second kappa shape index (κ2) is 7.84. The van der Waals surface area contributed by atoms with E-state index in [0.29, 0.717) is 18.0 Å². The molecule has 3 rings (SSSR count). The van der Waals surface area contributed by atoms with Gasteiger partial charge in [-0.15, -0.1) is 5.10 Å². The number of nitrogens with zero attached hydrogens (tertiary/aromatic N) is 2. The number of carbonyl (C=O) groups excluding carboxylic acids is 1. The van der Waals surface area contributed by atoms with Crippen molar-refractivity contribution in [2.75, 3.05) is 10.6 Å². The summed E-state index contributed by atoms with van der Waals surface area (Å²) in [5.74, 6) is 0.455. The van der Waals surface area contributed by atoms with Crippen molar-refractivity contribution in [2.24, 2.45) is 0 Å². The monoisotopic (exact) mass is 378 g/mol. The van der Waals surface area contributed by atoms with Crippen molar-refractivity contribution in [3.8, 4) is 0 Å². The van der Waals surface area contributed by atoms with Crippen molar-refractivity contribution < 1.29 is 9.21 Å². The summed E-state index contributed by atoms with van der Waals surface area (Å²) in [6, 6.07) is 13.6. The van der Waals surface area contributed by atoms with Crippen LogP contribution in [0.3, 0.4) is 0 Å². The number of aryl methyl sites for hydroxylation is 2. The van der Waals surface area contributed by atoms with Crippen LogP contribution in [-0.2, 0) is 11.8 Å². The topological polar surface area (TPSA) is 80.0 Å². The normalized spacial score (nSPS) is 11.3. The van der Waals surface area contributed by atoms with Gasteiger partial charge < -0.3 is 9.73 Å². The lowest BCUT2D eigenvalue weighted by atomic mass is 9.87. The van der Waals surface area contributed by atoms with Crippen LogP contribution in [-0.4, -0.2) is 16.2 Å². The lowest BCUT2D eigenvalue weighted by molar-refractivity contribution is 0.261. The molecule has 0 radical (unpaired) electrons. The highest BCUT2D eigenvalue weighted by molar-refractivity contribution is 5.98. The van der Waals surface area contributed by atoms with Crippen molar-refractivity contribution in [1.29, 1.82) is 0 Å². The Morgan fingerprint density at radius 1 is 1.00 bits per heavy atom. The number of amides is 2. The Morgan fingerprint density at radius 3 is 2.36 bits per heavy atom. The SMILES string of the molecule is Cc1ccc(Cc2nnc(NC(=O)Nc3ccc(C(C)(C)C)cc3)o2)c(C)c1. The summed E-state index contributed by atoms with van der Waals surface area (Å²) < 4.78 is 5.55. The van der Waals surface area contributed by atoms with Crippen LogP contribution in [0.2, 0.25) is 0 Å². The first-order valence-electron chi connectivity index (χ1n) is 9.28. The van der Waals surface area contributed by atoms with Gasteiger partial charge in [0.1, 0.15) is 0 Å². The number of hydrogen-bond acceptors (Lipinski definition) is 4. The lowest BCUT2D eigenvalue weighted by Crippen LogP contribution is -2.19. The molecule has 2 amide bonds. The lowest BCUT2D eigenvalue weighted by Gasteiger charge is -2.19. The van der Waals surface area contributed by atoms with Gasteiger partial charge in [-0.1, -0.05) is 61.8 Å². The minimum absolute atomic E-state index is 0.0662. The average Bonchev–Trinajstić information content (AvgIpc) is 3.04. The summed E-state index contributed by atoms with van der Waals surface area (Å²) >= 11 is 0. The number of aromatic nitrogens is 2. The number of hydrogen-bond donors (Lipinski definition) is 2. The van der Waals surface area contributed by atoms with Crippen LogP contribution in [0.1, 0.15) is 48.9 Å². The molecular formula is C22H26N4O2. The number of rotatable bonds is 4. The second-order valence-corrected chi connectivity index (χ2v) is 8.01. The Balaban J connectivity index is 1.59. The molecule has 3 aromatic rings. The standard InChI is InChI=1S/C22H26N4O2/c1-14-6-7-16(15(2)12-14)13-19-25-26-21(28-19)24-20(27)23-18-10-8-17(9-11-18)22(3,4)5/h6-12H,13H2,1-5H3,(H2,23,24,26,27). The summed E-state index contributed by atoms with van der Waals surface area (Å²) in [5.41, 5.74) is 5.46. The minimum Gasteiger partial charge on any atom is -0.407 e. The number of urea groups is 1. The summed E-state index contributed by atoms with van der Waals surface area (Å²) in [6.45, 7) is 10.5. The molecule has 0 spiro atoms. The van der Waals surface area contributed by atoms with E-state index < -0.39 is 6.03 Å². The van der Waals surface area contributed by atoms with Gasteiger partial charge in [-0.3, -0.25) is 5.32 Å². The maximum atomic E-state index is 12.2. The summed E-state index contributed by atoms with van der Waals surface area (Å²) in [7, 11) is 0. The van der Waals surface area contributed by atoms with E-state index in [9.17, 15) is 4.79 Å². The van der Waals surface area contributed by atoms with Crippen molar-refractivity contribution in [2.45, 2.75) is 46.5 Å². The molecule has 6 heteroatoms. The third-order valence-electron chi connectivity index (χ3n) is 4.54. The summed E-state index contributed by atoms with van der Waals surface area (Å²) in [6.07, 6.45) is 0.524. The van der Waals surface area contributed by atoms with Crippen LogP contribution in [0.5, 0.6) is 0 Å². The number of anilines is 2. The molecule has 2 aromatic carbocycles. The van der Waals surface area contributed by atoms with Crippen molar-refractivity contribution in [3.05, 3.63) is 70.6 Å². The molecule has 2 N–H and O–H groups in total. The van der Waals surface area contributed by atoms with Crippen LogP contribution < -0.4 is 10.6 Å². The molecule has 0 aliphatic rings. The van der Waals surface area contributed by atoms with Gasteiger partial charge in [0.2, 0.25) is 5.89 Å². The summed E-state index contributed by atoms with van der Waals surface area (Å²) in [4.78, 5) is 12.2. The Morgan fingerprint density at radius 2 is 1.71 bits per heavy atom. The molecule has 0 atom stereocenters. The van der Waals surface area contributed by atoms with Gasteiger partial charge in [-0.05, 0) is 48.1 Å². The number of carbonyl (C=O) groups is 1. The molecule has 0 fully saturated rings. The molecule has 0 unspecified atom stereocenters. The molecule has 6 nitrogen and oxygen atoms in total. The van der Waals surface area contributed by atoms with Gasteiger partial charge in [-0.2, -0.15) is 0 Å². The van der Waals surface area contributed by atoms with Crippen LogP contribution in [0.4, 0.5) is 16.5 Å². The first-order valence-corrected chi connectivity index (χ1v) is 9.28. The zero-order valence-electron chi connectivity index (χ0n) is 17.0. The average molecular weight is 378 g/mol. The molecule has 0 saturated carbocycles. The second-order valence-electron chi connectivity index (χ2n) is 8.01. The van der Waals surface area contributed by atoms with E-state index >= 15 is 0 Å². The van der Waals surface area contributed by atoms with E-state index in [1.807, 2.05) is 24.3 Å². The van der Waals surface area contributed by atoms with Crippen LogP contribution in [0.15, 0.2) is 46.9 Å². The largest absolute Gasteiger partial charge is 0.407 e. The molecule has 146 valence electrons. The molecule has 28 heavy (non-hydrogen) atoms. The van der Waals surface area contributed by atoms with Gasteiger partial charge >= 0.3 is 12.0 Å². The summed E-state index contributed by atoms with van der Waals surface area (Å²) in [5, 5.41) is 13.3. The number of benzene rings is 2. The zero-order valence-corrected chi connectivity index (χ0v) is 17.0. The first-order chi connectivity index (χ1) is 13.2. The number of nitrogens with one attached hydrogen (secondary N) is 2. The van der Waals surface area contributed by atoms with Gasteiger partial charge in [0.25, 0.3) is 0 Å². The van der Waals surface area contributed by atoms with E-state index in [0.717, 1.165) is 5.56 Å². The van der Waals surface area contributed by atoms with Gasteiger partial charge in [0.05, 0.1) is 6.42 Å². The first kappa shape index (κ1) is 19.6. The quantitative estimate of drug-likeness (QED) is 0.652. The van der Waals surface area contributed by atoms with Crippen LogP contribution in [0, 0.1) is 13.8 Å². The zero-order chi connectivity index (χ0) is 20.3. The molecular weight excluding hydrogens is 352 g/mol. The Hall–Kier alpha value is -3.15. The van der Waals surface area contributed by atoms with E-state index in [-0.39, 0.29) is 11.4 Å². The highest BCUT2D eigenvalue weighted by Gasteiger charge is 2.14. The van der Waals surface area contributed by atoms with Gasteiger partial charge in [0.15, 0.2) is 0 Å². The van der Waals surface area contributed by atoms with Crippen molar-refractivity contribution >= 4 is 17.7 Å². The Labute approximate surface area is 165 Å². The van der Waals surface area contributed by atoms with E-state index in [2.05, 4.69) is 73.6 Å². The third kappa shape index (κ3) is 4.97. The molecule has 0 aliphatic carbocycles. The molecule has 0 aliphatic heterocycles. The van der Waals surface area contributed by atoms with Crippen LogP contribution in [0.25, 0.3) is 0 Å². The highest BCUT2D eigenvalue weighted by Crippen LogP contribution is 2.23. The molecule has 1 aromatic heterocycles. The maximum Gasteiger partial charge on any atom is 0.327 e. The van der Waals surface area contributed by atoms with Crippen LogP contribution >= 0.6 is 0 Å². The maximum absolute atomic E-state index is 12.2. The van der Waals surface area contributed by atoms with E-state index in [1.54, 1.807) is 0 Å². The molecule has 1 heterocycles. The third-order valence-corrected chi connectivity index (χ3v) is 4.54. The Kier molecular flexibility index (Phi) is 5.49.